The van der Waals surface area contributed by atoms with Crippen molar-refractivity contribution in [1.82, 2.24) is 5.32 Å². The molecule has 0 saturated carbocycles. The summed E-state index contributed by atoms with van der Waals surface area (Å²) in [7, 11) is 4.01. The molecule has 2 aromatic carbocycles. The van der Waals surface area contributed by atoms with E-state index in [1.165, 1.54) is 27.1 Å². The first-order valence-electron chi connectivity index (χ1n) is 6.99. The van der Waals surface area contributed by atoms with Crippen molar-refractivity contribution in [1.29, 1.82) is 0 Å². The summed E-state index contributed by atoms with van der Waals surface area (Å²) in [6.07, 6.45) is 0. The summed E-state index contributed by atoms with van der Waals surface area (Å²) < 4.78 is 0. The van der Waals surface area contributed by atoms with Crippen LogP contribution in [0.15, 0.2) is 66.2 Å². The summed E-state index contributed by atoms with van der Waals surface area (Å²) >= 11 is 1.68. The third-order valence-electron chi connectivity index (χ3n) is 3.37. The summed E-state index contributed by atoms with van der Waals surface area (Å²) in [5, 5.41) is 4.06. The fourth-order valence-electron chi connectivity index (χ4n) is 2.05. The van der Waals surface area contributed by atoms with E-state index in [9.17, 15) is 0 Å². The summed E-state index contributed by atoms with van der Waals surface area (Å²) in [6.45, 7) is 6.22. The predicted octanol–water partition coefficient (Wildman–Crippen LogP) is 3.26. The Morgan fingerprint density at radius 1 is 1.00 bits per heavy atom. The summed E-state index contributed by atoms with van der Waals surface area (Å²) in [5.74, 6) is 0. The fourth-order valence-corrected chi connectivity index (χ4v) is 2.92. The molecule has 2 aromatic rings. The number of thioether (sulfide) groups is 1. The first-order valence-corrected chi connectivity index (χ1v) is 7.81. The molecule has 0 spiro atoms. The largest absolute Gasteiger partial charge is 0.383 e. The molecule has 2 rings (SSSR count). The van der Waals surface area contributed by atoms with E-state index in [0.29, 0.717) is 0 Å². The van der Waals surface area contributed by atoms with Crippen LogP contribution in [0.2, 0.25) is 0 Å². The van der Waals surface area contributed by atoms with Gasteiger partial charge < -0.3 is 5.32 Å². The molecule has 21 heavy (non-hydrogen) atoms. The Hall–Kier alpha value is -1.87. The van der Waals surface area contributed by atoms with Gasteiger partial charge in [0.1, 0.15) is 7.85 Å². The van der Waals surface area contributed by atoms with E-state index in [4.69, 9.17) is 0 Å². The third-order valence-corrected chi connectivity index (χ3v) is 4.56. The number of nitrogens with one attached hydrogen (secondary N) is 1. The molecule has 0 aliphatic heterocycles. The Kier molecular flexibility index (Phi) is 5.35. The van der Waals surface area contributed by atoms with Gasteiger partial charge in [-0.05, 0) is 23.6 Å². The van der Waals surface area contributed by atoms with Crippen LogP contribution in [0.3, 0.4) is 0 Å². The molecule has 0 bridgehead atoms. The lowest BCUT2D eigenvalue weighted by molar-refractivity contribution is 1.09. The van der Waals surface area contributed by atoms with Crippen LogP contribution in [0, 0.1) is 0 Å². The normalized spacial score (nSPS) is 11.7. The Balaban J connectivity index is 2.49. The maximum absolute atomic E-state index is 4.05. The molecular weight excluding hydrogens is 273 g/mol. The fraction of sp³-hybridized carbons (Fsp3) is 0.111. The summed E-state index contributed by atoms with van der Waals surface area (Å²) in [6, 6.07) is 19.1. The van der Waals surface area contributed by atoms with Crippen molar-refractivity contribution in [3.63, 3.8) is 0 Å². The lowest BCUT2D eigenvalue weighted by atomic mass is 9.93. The molecule has 0 radical (unpaired) electrons. The second kappa shape index (κ2) is 7.23. The smallest absolute Gasteiger partial charge is 0.139 e. The molecule has 0 heterocycles. The molecule has 1 N–H and O–H groups in total. The molecule has 106 valence electrons. The number of benzene rings is 2. The lowest BCUT2D eigenvalue weighted by Gasteiger charge is -2.14. The van der Waals surface area contributed by atoms with Crippen molar-refractivity contribution in [3.8, 4) is 0 Å². The second-order valence-electron chi connectivity index (χ2n) is 4.96. The van der Waals surface area contributed by atoms with Crippen LogP contribution in [0.5, 0.6) is 0 Å². The zero-order valence-electron chi connectivity index (χ0n) is 12.8. The Morgan fingerprint density at radius 2 is 1.62 bits per heavy atom. The summed E-state index contributed by atoms with van der Waals surface area (Å²) in [5.41, 5.74) is 5.01. The molecular formula is C18H20BNS. The van der Waals surface area contributed by atoms with Crippen molar-refractivity contribution < 1.29 is 0 Å². The standard InChI is InChI=1S/C18H20BNS/c1-13(15-9-11-17(19)12-10-15)18(21-14(2)20-3)16-7-5-4-6-8-16/h4-12,20H,2,19H2,1,3H3/b18-13+. The van der Waals surface area contributed by atoms with Crippen LogP contribution in [0.25, 0.3) is 10.5 Å². The maximum atomic E-state index is 4.05. The maximum Gasteiger partial charge on any atom is 0.139 e. The minimum atomic E-state index is 0.945. The van der Waals surface area contributed by atoms with Gasteiger partial charge in [-0.1, -0.05) is 78.4 Å². The van der Waals surface area contributed by atoms with Crippen molar-refractivity contribution in [2.45, 2.75) is 6.92 Å². The van der Waals surface area contributed by atoms with Crippen LogP contribution in [-0.2, 0) is 0 Å². The number of rotatable bonds is 5. The van der Waals surface area contributed by atoms with Crippen LogP contribution >= 0.6 is 11.8 Å². The van der Waals surface area contributed by atoms with Crippen molar-refractivity contribution in [2.75, 3.05) is 7.05 Å². The highest BCUT2D eigenvalue weighted by Gasteiger charge is 2.10. The van der Waals surface area contributed by atoms with Gasteiger partial charge >= 0.3 is 0 Å². The van der Waals surface area contributed by atoms with E-state index < -0.39 is 0 Å². The highest BCUT2D eigenvalue weighted by atomic mass is 32.2. The van der Waals surface area contributed by atoms with Gasteiger partial charge in [0.05, 0.1) is 5.03 Å². The predicted molar refractivity (Wildman–Crippen MR) is 99.3 cm³/mol. The van der Waals surface area contributed by atoms with E-state index in [-0.39, 0.29) is 0 Å². The van der Waals surface area contributed by atoms with Crippen LogP contribution < -0.4 is 10.8 Å². The Bertz CT molecular complexity index is 645. The zero-order chi connectivity index (χ0) is 15.2. The van der Waals surface area contributed by atoms with Gasteiger partial charge in [0.25, 0.3) is 0 Å². The average Bonchev–Trinajstić information content (AvgIpc) is 2.53. The molecule has 0 aliphatic carbocycles. The minimum Gasteiger partial charge on any atom is -0.383 e. The zero-order valence-corrected chi connectivity index (χ0v) is 13.6. The Labute approximate surface area is 132 Å². The van der Waals surface area contributed by atoms with Gasteiger partial charge in [0.2, 0.25) is 0 Å². The van der Waals surface area contributed by atoms with Crippen molar-refractivity contribution in [2.24, 2.45) is 0 Å². The van der Waals surface area contributed by atoms with E-state index in [1.807, 2.05) is 13.1 Å². The van der Waals surface area contributed by atoms with Gasteiger partial charge in [0, 0.05) is 12.0 Å². The SMILES string of the molecule is Bc1ccc(/C(C)=C(/SC(=C)NC)c2ccccc2)cc1. The topological polar surface area (TPSA) is 12.0 Å². The Morgan fingerprint density at radius 3 is 2.19 bits per heavy atom. The molecule has 0 aliphatic rings. The van der Waals surface area contributed by atoms with Crippen molar-refractivity contribution in [3.05, 3.63) is 77.3 Å². The van der Waals surface area contributed by atoms with E-state index >= 15 is 0 Å². The number of hydrogen-bond donors (Lipinski definition) is 1. The molecule has 0 unspecified atom stereocenters. The van der Waals surface area contributed by atoms with Gasteiger partial charge in [-0.25, -0.2) is 0 Å². The van der Waals surface area contributed by atoms with Crippen molar-refractivity contribution >= 4 is 35.5 Å². The lowest BCUT2D eigenvalue weighted by Crippen LogP contribution is -2.02. The molecule has 0 aromatic heterocycles. The number of hydrogen-bond acceptors (Lipinski definition) is 2. The first kappa shape index (κ1) is 15.5. The van der Waals surface area contributed by atoms with Gasteiger partial charge in [0.15, 0.2) is 0 Å². The molecule has 0 atom stereocenters. The molecule has 0 saturated heterocycles. The summed E-state index contributed by atoms with van der Waals surface area (Å²) in [4.78, 5) is 1.24. The van der Waals surface area contributed by atoms with Crippen LogP contribution in [0.1, 0.15) is 18.1 Å². The molecule has 3 heteroatoms. The van der Waals surface area contributed by atoms with Crippen LogP contribution in [0.4, 0.5) is 0 Å². The van der Waals surface area contributed by atoms with E-state index in [1.54, 1.807) is 11.8 Å². The number of allylic oxidation sites excluding steroid dienone is 1. The van der Waals surface area contributed by atoms with E-state index in [2.05, 4.69) is 75.2 Å². The third kappa shape index (κ3) is 4.05. The van der Waals surface area contributed by atoms with Gasteiger partial charge in [-0.3, -0.25) is 0 Å². The first-order chi connectivity index (χ1) is 10.1. The second-order valence-corrected chi connectivity index (χ2v) is 6.07. The minimum absolute atomic E-state index is 0.945. The van der Waals surface area contributed by atoms with Gasteiger partial charge in [-0.15, -0.1) is 0 Å². The van der Waals surface area contributed by atoms with Gasteiger partial charge in [-0.2, -0.15) is 0 Å². The van der Waals surface area contributed by atoms with E-state index in [0.717, 1.165) is 5.03 Å². The van der Waals surface area contributed by atoms with Crippen LogP contribution in [-0.4, -0.2) is 14.9 Å². The highest BCUT2D eigenvalue weighted by Crippen LogP contribution is 2.37. The quantitative estimate of drug-likeness (QED) is 0.671. The monoisotopic (exact) mass is 293 g/mol. The molecule has 0 fully saturated rings. The average molecular weight is 293 g/mol. The molecule has 1 nitrogen and oxygen atoms in total. The molecule has 0 amide bonds. The highest BCUT2D eigenvalue weighted by molar-refractivity contribution is 8.11.